The largest absolute Gasteiger partial charge is 0.340 e. The van der Waals surface area contributed by atoms with Crippen molar-refractivity contribution in [3.05, 3.63) is 77.5 Å². The summed E-state index contributed by atoms with van der Waals surface area (Å²) in [6.45, 7) is 1.04. The van der Waals surface area contributed by atoms with Crippen molar-refractivity contribution in [2.45, 2.75) is 13.1 Å². The number of para-hydroxylation sites is 1. The maximum atomic E-state index is 12.6. The predicted octanol–water partition coefficient (Wildman–Crippen LogP) is 2.85. The first kappa shape index (κ1) is 16.3. The molecule has 0 radical (unpaired) electrons. The lowest BCUT2D eigenvalue weighted by Gasteiger charge is -2.21. The highest BCUT2D eigenvalue weighted by Gasteiger charge is 2.28. The molecule has 4 rings (SSSR count). The van der Waals surface area contributed by atoms with Crippen molar-refractivity contribution in [1.82, 2.24) is 14.8 Å². The van der Waals surface area contributed by atoms with Gasteiger partial charge in [-0.25, -0.2) is 0 Å². The van der Waals surface area contributed by atoms with E-state index in [1.807, 2.05) is 54.6 Å². The van der Waals surface area contributed by atoms with E-state index >= 15 is 0 Å². The molecule has 2 amide bonds. The molecule has 5 nitrogen and oxygen atoms in total. The molecule has 0 unspecified atom stereocenters. The molecule has 0 spiro atoms. The van der Waals surface area contributed by atoms with Gasteiger partial charge >= 0.3 is 0 Å². The van der Waals surface area contributed by atoms with Gasteiger partial charge in [0.15, 0.2) is 0 Å². The van der Waals surface area contributed by atoms with E-state index < -0.39 is 0 Å². The number of nitrogens with zero attached hydrogens (tertiary/aromatic N) is 3. The Kier molecular flexibility index (Phi) is 4.13. The van der Waals surface area contributed by atoms with Crippen LogP contribution in [0.4, 0.5) is 0 Å². The van der Waals surface area contributed by atoms with Gasteiger partial charge in [0, 0.05) is 37.3 Å². The minimum atomic E-state index is -0.0840. The van der Waals surface area contributed by atoms with E-state index in [1.165, 1.54) is 0 Å². The summed E-state index contributed by atoms with van der Waals surface area (Å²) in [4.78, 5) is 32.7. The summed E-state index contributed by atoms with van der Waals surface area (Å²) in [5.41, 5.74) is 3.58. The van der Waals surface area contributed by atoms with Gasteiger partial charge < -0.3 is 9.80 Å². The van der Waals surface area contributed by atoms with Crippen LogP contribution in [-0.2, 0) is 17.9 Å². The van der Waals surface area contributed by atoms with Gasteiger partial charge in [0.2, 0.25) is 5.91 Å². The summed E-state index contributed by atoms with van der Waals surface area (Å²) < 4.78 is 0. The number of carbonyl (C=O) groups excluding carboxylic acids is 2. The monoisotopic (exact) mass is 345 g/mol. The third kappa shape index (κ3) is 3.04. The molecule has 0 saturated heterocycles. The number of aromatic nitrogens is 1. The third-order valence-electron chi connectivity index (χ3n) is 4.71. The molecule has 0 N–H and O–H groups in total. The maximum Gasteiger partial charge on any atom is 0.254 e. The van der Waals surface area contributed by atoms with Gasteiger partial charge in [-0.2, -0.15) is 0 Å². The molecule has 26 heavy (non-hydrogen) atoms. The highest BCUT2D eigenvalue weighted by Crippen LogP contribution is 2.22. The van der Waals surface area contributed by atoms with E-state index in [0.717, 1.165) is 22.0 Å². The zero-order valence-corrected chi connectivity index (χ0v) is 14.6. The lowest BCUT2D eigenvalue weighted by molar-refractivity contribution is -0.131. The van der Waals surface area contributed by atoms with Crippen LogP contribution < -0.4 is 0 Å². The van der Waals surface area contributed by atoms with E-state index in [-0.39, 0.29) is 18.4 Å². The van der Waals surface area contributed by atoms with Gasteiger partial charge in [-0.1, -0.05) is 36.4 Å². The van der Waals surface area contributed by atoms with Crippen molar-refractivity contribution in [3.63, 3.8) is 0 Å². The van der Waals surface area contributed by atoms with Crippen molar-refractivity contribution in [1.29, 1.82) is 0 Å². The Bertz CT molecular complexity index is 999. The van der Waals surface area contributed by atoms with Crippen LogP contribution in [0.5, 0.6) is 0 Å². The molecule has 0 fully saturated rings. The van der Waals surface area contributed by atoms with Gasteiger partial charge in [-0.15, -0.1) is 0 Å². The summed E-state index contributed by atoms with van der Waals surface area (Å²) in [6, 6.07) is 17.4. The Balaban J connectivity index is 1.42. The average molecular weight is 345 g/mol. The SMILES string of the molecule is CN(Cc1cnc2ccccc2c1)C(=O)CN1Cc2ccccc2C1=O. The second-order valence-electron chi connectivity index (χ2n) is 6.60. The van der Waals surface area contributed by atoms with Crippen LogP contribution in [0.3, 0.4) is 0 Å². The number of amides is 2. The van der Waals surface area contributed by atoms with Crippen LogP contribution in [-0.4, -0.2) is 40.2 Å². The minimum Gasteiger partial charge on any atom is -0.340 e. The molecule has 5 heteroatoms. The first-order valence-corrected chi connectivity index (χ1v) is 8.56. The van der Waals surface area contributed by atoms with Crippen molar-refractivity contribution in [3.8, 4) is 0 Å². The number of hydrogen-bond acceptors (Lipinski definition) is 3. The van der Waals surface area contributed by atoms with Crippen LogP contribution in [0.2, 0.25) is 0 Å². The summed E-state index contributed by atoms with van der Waals surface area (Å²) >= 11 is 0. The molecule has 2 heterocycles. The molecule has 1 aliphatic heterocycles. The highest BCUT2D eigenvalue weighted by molar-refractivity contribution is 6.00. The molecular weight excluding hydrogens is 326 g/mol. The van der Waals surface area contributed by atoms with Gasteiger partial charge in [0.1, 0.15) is 6.54 Å². The summed E-state index contributed by atoms with van der Waals surface area (Å²) in [5.74, 6) is -0.158. The Morgan fingerprint density at radius 2 is 1.92 bits per heavy atom. The number of rotatable bonds is 4. The highest BCUT2D eigenvalue weighted by atomic mass is 16.2. The summed E-state index contributed by atoms with van der Waals surface area (Å²) in [5, 5.41) is 1.05. The van der Waals surface area contributed by atoms with Crippen LogP contribution in [0.25, 0.3) is 10.9 Å². The second kappa shape index (κ2) is 6.59. The zero-order valence-electron chi connectivity index (χ0n) is 14.6. The third-order valence-corrected chi connectivity index (χ3v) is 4.71. The molecule has 1 aliphatic rings. The molecule has 0 aliphatic carbocycles. The first-order chi connectivity index (χ1) is 12.6. The minimum absolute atomic E-state index is 0.0743. The fourth-order valence-electron chi connectivity index (χ4n) is 3.29. The first-order valence-electron chi connectivity index (χ1n) is 8.56. The van der Waals surface area contributed by atoms with Gasteiger partial charge in [-0.3, -0.25) is 14.6 Å². The van der Waals surface area contributed by atoms with E-state index in [9.17, 15) is 9.59 Å². The van der Waals surface area contributed by atoms with Crippen molar-refractivity contribution < 1.29 is 9.59 Å². The topological polar surface area (TPSA) is 53.5 Å². The average Bonchev–Trinajstić information content (AvgIpc) is 2.97. The molecule has 1 aromatic heterocycles. The van der Waals surface area contributed by atoms with E-state index in [0.29, 0.717) is 18.7 Å². The van der Waals surface area contributed by atoms with Crippen molar-refractivity contribution >= 4 is 22.7 Å². The van der Waals surface area contributed by atoms with Crippen molar-refractivity contribution in [2.75, 3.05) is 13.6 Å². The number of likely N-dealkylation sites (N-methyl/N-ethyl adjacent to an activating group) is 1. The normalized spacial score (nSPS) is 13.1. The van der Waals surface area contributed by atoms with Gasteiger partial charge in [0.25, 0.3) is 5.91 Å². The van der Waals surface area contributed by atoms with Gasteiger partial charge in [-0.05, 0) is 29.3 Å². The molecular formula is C21H19N3O2. The Morgan fingerprint density at radius 1 is 1.15 bits per heavy atom. The Morgan fingerprint density at radius 3 is 2.77 bits per heavy atom. The van der Waals surface area contributed by atoms with Crippen LogP contribution in [0, 0.1) is 0 Å². The molecule has 0 bridgehead atoms. The molecule has 2 aromatic carbocycles. The summed E-state index contributed by atoms with van der Waals surface area (Å²) in [7, 11) is 1.76. The smallest absolute Gasteiger partial charge is 0.254 e. The number of hydrogen-bond donors (Lipinski definition) is 0. The predicted molar refractivity (Wildman–Crippen MR) is 99.4 cm³/mol. The van der Waals surface area contributed by atoms with E-state index in [1.54, 1.807) is 23.0 Å². The van der Waals surface area contributed by atoms with Gasteiger partial charge in [0.05, 0.1) is 5.52 Å². The second-order valence-corrected chi connectivity index (χ2v) is 6.60. The number of fused-ring (bicyclic) bond motifs is 2. The van der Waals surface area contributed by atoms with Crippen LogP contribution in [0.1, 0.15) is 21.5 Å². The maximum absolute atomic E-state index is 12.6. The van der Waals surface area contributed by atoms with Crippen LogP contribution in [0.15, 0.2) is 60.8 Å². The standard InChI is InChI=1S/C21H19N3O2/c1-23(12-15-10-16-6-3-5-9-19(16)22-11-15)20(25)14-24-13-17-7-2-4-8-18(17)21(24)26/h2-11H,12-14H2,1H3. The summed E-state index contributed by atoms with van der Waals surface area (Å²) in [6.07, 6.45) is 1.79. The molecule has 3 aromatic rings. The molecule has 0 saturated carbocycles. The number of carbonyl (C=O) groups is 2. The lowest BCUT2D eigenvalue weighted by atomic mass is 10.1. The zero-order chi connectivity index (χ0) is 18.1. The van der Waals surface area contributed by atoms with Crippen LogP contribution >= 0.6 is 0 Å². The number of pyridine rings is 1. The molecule has 130 valence electrons. The van der Waals surface area contributed by atoms with Crippen molar-refractivity contribution in [2.24, 2.45) is 0 Å². The lowest BCUT2D eigenvalue weighted by Crippen LogP contribution is -2.38. The Hall–Kier alpha value is -3.21. The quantitative estimate of drug-likeness (QED) is 0.731. The fraction of sp³-hybridized carbons (Fsp3) is 0.190. The fourth-order valence-corrected chi connectivity index (χ4v) is 3.29. The van der Waals surface area contributed by atoms with E-state index in [2.05, 4.69) is 4.98 Å². The molecule has 0 atom stereocenters. The van der Waals surface area contributed by atoms with E-state index in [4.69, 9.17) is 0 Å². The Labute approximate surface area is 151 Å². The number of benzene rings is 2.